The van der Waals surface area contributed by atoms with Gasteiger partial charge in [-0.2, -0.15) is 0 Å². The minimum absolute atomic E-state index is 0.190. The van der Waals surface area contributed by atoms with E-state index in [4.69, 9.17) is 10.7 Å². The Bertz CT molecular complexity index is 2640. The number of amides is 3. The Morgan fingerprint density at radius 1 is 0.815 bits per heavy atom. The number of phenolic OH excluding ortho intramolecular Hbond substituents is 1. The summed E-state index contributed by atoms with van der Waals surface area (Å²) in [5.74, 6) is 1.73. The third-order valence-electron chi connectivity index (χ3n) is 16.4. The fourth-order valence-electron chi connectivity index (χ4n) is 12.7. The molecule has 5 aliphatic heterocycles. The number of urea groups is 1. The Balaban J connectivity index is 0.645. The molecule has 0 radical (unpaired) electrons. The van der Waals surface area contributed by atoms with Crippen LogP contribution in [0.25, 0.3) is 22.3 Å². The number of nitrogens with one attached hydrogen (secondary N) is 1. The summed E-state index contributed by atoms with van der Waals surface area (Å²) < 4.78 is 2.47. The molecule has 2 saturated carbocycles. The summed E-state index contributed by atoms with van der Waals surface area (Å²) in [6.45, 7) is 10.2. The quantitative estimate of drug-likeness (QED) is 0.134. The number of hydrogen-bond donors (Lipinski definition) is 3. The van der Waals surface area contributed by atoms with Crippen LogP contribution >= 0.6 is 0 Å². The highest BCUT2D eigenvalue weighted by atomic mass is 16.3. The van der Waals surface area contributed by atoms with Crippen molar-refractivity contribution in [3.63, 3.8) is 0 Å². The molecule has 2 bridgehead atoms. The molecule has 3 amide bonds. The van der Waals surface area contributed by atoms with Crippen LogP contribution in [0.5, 0.6) is 5.75 Å². The van der Waals surface area contributed by atoms with Crippen LogP contribution in [0.2, 0.25) is 0 Å². The van der Waals surface area contributed by atoms with E-state index in [1.54, 1.807) is 11.0 Å². The molecule has 7 aliphatic rings. The number of anilines is 5. The number of nitrogens with zero attached hydrogens (tertiary/aromatic N) is 9. The van der Waals surface area contributed by atoms with Crippen molar-refractivity contribution in [2.24, 2.45) is 11.3 Å². The fourth-order valence-corrected chi connectivity index (χ4v) is 12.7. The fraction of sp³-hybridized carbons (Fsp3) is 0.510. The summed E-state index contributed by atoms with van der Waals surface area (Å²) in [6, 6.07) is 19.5. The molecule has 5 saturated heterocycles. The maximum Gasteiger partial charge on any atom is 0.328 e. The van der Waals surface area contributed by atoms with E-state index in [2.05, 4.69) is 77.1 Å². The lowest BCUT2D eigenvalue weighted by molar-refractivity contribution is -0.120. The Hall–Kier alpha value is -5.89. The predicted molar refractivity (Wildman–Crippen MR) is 255 cm³/mol. The summed E-state index contributed by atoms with van der Waals surface area (Å²) in [4.78, 5) is 41.5. The summed E-state index contributed by atoms with van der Waals surface area (Å²) in [6.07, 6.45) is 16.7. The number of benzene rings is 2. The van der Waals surface area contributed by atoms with Crippen LogP contribution in [0.3, 0.4) is 0 Å². The van der Waals surface area contributed by atoms with Gasteiger partial charge in [0.25, 0.3) is 0 Å². The number of hydrogen-bond acceptors (Lipinski definition) is 11. The van der Waals surface area contributed by atoms with Crippen molar-refractivity contribution in [1.82, 2.24) is 30.0 Å². The second-order valence-corrected chi connectivity index (χ2v) is 20.6. The van der Waals surface area contributed by atoms with Crippen molar-refractivity contribution >= 4 is 51.5 Å². The number of nitrogens with two attached hydrogens (primary N) is 1. The number of carbonyl (C=O) groups is 2. The maximum absolute atomic E-state index is 12.6. The first kappa shape index (κ1) is 40.6. The highest BCUT2D eigenvalue weighted by Gasteiger charge is 2.48. The Morgan fingerprint density at radius 2 is 1.57 bits per heavy atom. The number of pyridine rings is 1. The van der Waals surface area contributed by atoms with Crippen molar-refractivity contribution < 1.29 is 14.7 Å². The van der Waals surface area contributed by atoms with Gasteiger partial charge in [0.2, 0.25) is 5.91 Å². The van der Waals surface area contributed by atoms with Gasteiger partial charge in [0.05, 0.1) is 23.3 Å². The zero-order valence-corrected chi connectivity index (χ0v) is 37.5. The lowest BCUT2D eigenvalue weighted by Crippen LogP contribution is -2.54. The number of imide groups is 1. The van der Waals surface area contributed by atoms with E-state index < -0.39 is 0 Å². The van der Waals surface area contributed by atoms with Gasteiger partial charge in [0.15, 0.2) is 5.82 Å². The molecular formula is C51H61N11O3. The zero-order valence-electron chi connectivity index (χ0n) is 37.5. The van der Waals surface area contributed by atoms with E-state index in [1.807, 2.05) is 30.5 Å². The highest BCUT2D eigenvalue weighted by Crippen LogP contribution is 2.56. The van der Waals surface area contributed by atoms with Gasteiger partial charge in [-0.1, -0.05) is 12.1 Å². The number of aromatic nitrogens is 4. The molecular weight excluding hydrogens is 815 g/mol. The molecule has 3 aromatic heterocycles. The number of piperazine rings is 1. The minimum atomic E-state index is -0.353. The van der Waals surface area contributed by atoms with Gasteiger partial charge in [-0.05, 0) is 155 Å². The van der Waals surface area contributed by atoms with Crippen LogP contribution in [0.4, 0.5) is 33.4 Å². The van der Waals surface area contributed by atoms with Crippen LogP contribution in [-0.2, 0) is 4.79 Å². The molecule has 4 N–H and O–H groups in total. The predicted octanol–water partition coefficient (Wildman–Crippen LogP) is 7.60. The summed E-state index contributed by atoms with van der Waals surface area (Å²) in [5.41, 5.74) is 16.3. The first-order chi connectivity index (χ1) is 31.6. The van der Waals surface area contributed by atoms with Crippen molar-refractivity contribution in [2.75, 3.05) is 77.7 Å². The number of carbonyl (C=O) groups excluding carboxylic acids is 2. The molecule has 2 atom stereocenters. The van der Waals surface area contributed by atoms with Gasteiger partial charge >= 0.3 is 6.03 Å². The molecule has 338 valence electrons. The SMILES string of the molecule is Cc1cc(N2CCC(CN3CCC4(CC3)CC(n3cc(C5CC5)c5cc(N6CCC(=O)NC6=O)cnc53)C4)CC2)cc(N2C3CCC2CN(c2cc(-c4ccccc4O)nnc2N)C3)c1. The average Bonchev–Trinajstić information content (AvgIpc) is 4.02. The molecule has 2 aliphatic carbocycles. The van der Waals surface area contributed by atoms with Gasteiger partial charge in [-0.25, -0.2) is 9.78 Å². The van der Waals surface area contributed by atoms with Crippen molar-refractivity contribution in [3.05, 3.63) is 78.1 Å². The molecule has 5 aromatic rings. The number of aromatic hydroxyl groups is 1. The Morgan fingerprint density at radius 3 is 2.31 bits per heavy atom. The average molecular weight is 876 g/mol. The highest BCUT2D eigenvalue weighted by molar-refractivity contribution is 6.06. The van der Waals surface area contributed by atoms with Crippen molar-refractivity contribution in [3.8, 4) is 17.0 Å². The van der Waals surface area contributed by atoms with Crippen LogP contribution in [0, 0.1) is 18.3 Å². The standard InChI is InChI=1S/C51H61N11O3/c1-32-20-37(22-38(21-32)62-35-8-9-36(62)30-59(29-35)45-24-44(55-56-48(45)52)41-4-2-3-5-46(41)63)58-15-10-33(11-16-58)28-57-18-13-51(14-19-57)25-40(26-51)61-31-43(34-6-7-34)42-23-39(27-53-49(42)61)60-17-12-47(64)54-50(60)65/h2-5,20-24,27,31,33-36,40,63H,6-19,25-26,28-30H2,1H3,(H2,52,56)(H,54,64,65). The van der Waals surface area contributed by atoms with Gasteiger partial charge in [-0.3, -0.25) is 15.0 Å². The van der Waals surface area contributed by atoms with Crippen molar-refractivity contribution in [2.45, 2.75) is 102 Å². The van der Waals surface area contributed by atoms with E-state index in [-0.39, 0.29) is 17.7 Å². The van der Waals surface area contributed by atoms with E-state index >= 15 is 0 Å². The lowest BCUT2D eigenvalue weighted by atomic mass is 9.60. The molecule has 1 spiro atoms. The van der Waals surface area contributed by atoms with Gasteiger partial charge in [-0.15, -0.1) is 10.2 Å². The van der Waals surface area contributed by atoms with Gasteiger partial charge in [0.1, 0.15) is 11.4 Å². The number of fused-ring (bicyclic) bond motifs is 3. The van der Waals surface area contributed by atoms with Crippen LogP contribution in [0.1, 0.15) is 93.7 Å². The topological polar surface area (TPSA) is 152 Å². The minimum Gasteiger partial charge on any atom is -0.507 e. The number of nitrogen functional groups attached to an aromatic ring is 1. The first-order valence-electron chi connectivity index (χ1n) is 24.3. The number of piperidine rings is 2. The number of phenols is 1. The molecule has 8 heterocycles. The Kier molecular flexibility index (Phi) is 9.95. The monoisotopic (exact) mass is 875 g/mol. The van der Waals surface area contributed by atoms with Crippen molar-refractivity contribution in [1.29, 1.82) is 0 Å². The Labute approximate surface area is 380 Å². The third kappa shape index (κ3) is 7.51. The van der Waals surface area contributed by atoms with E-state index in [0.717, 1.165) is 62.0 Å². The summed E-state index contributed by atoms with van der Waals surface area (Å²) in [5, 5.41) is 22.8. The maximum atomic E-state index is 12.6. The van der Waals surface area contributed by atoms with E-state index in [9.17, 15) is 14.7 Å². The smallest absolute Gasteiger partial charge is 0.328 e. The van der Waals surface area contributed by atoms with Crippen LogP contribution < -0.4 is 30.7 Å². The van der Waals surface area contributed by atoms with Crippen LogP contribution in [0.15, 0.2) is 67.0 Å². The molecule has 65 heavy (non-hydrogen) atoms. The van der Waals surface area contributed by atoms with Gasteiger partial charge < -0.3 is 35.0 Å². The number of likely N-dealkylation sites (tertiary alicyclic amines) is 1. The zero-order chi connectivity index (χ0) is 44.0. The summed E-state index contributed by atoms with van der Waals surface area (Å²) >= 11 is 0. The molecule has 12 rings (SSSR count). The first-order valence-corrected chi connectivity index (χ1v) is 24.3. The summed E-state index contributed by atoms with van der Waals surface area (Å²) in [7, 11) is 0. The number of aryl methyl sites for hydroxylation is 1. The number of rotatable bonds is 9. The molecule has 2 aromatic carbocycles. The normalized spacial score (nSPS) is 24.0. The van der Waals surface area contributed by atoms with Crippen LogP contribution in [-0.4, -0.2) is 106 Å². The lowest BCUT2D eigenvalue weighted by Gasteiger charge is -2.53. The molecule has 14 heteroatoms. The van der Waals surface area contributed by atoms with Gasteiger partial charge in [0, 0.05) is 92.3 Å². The largest absolute Gasteiger partial charge is 0.507 e. The van der Waals surface area contributed by atoms with E-state index in [1.165, 1.54) is 98.9 Å². The second kappa shape index (κ2) is 15.9. The van der Waals surface area contributed by atoms with E-state index in [0.29, 0.717) is 59.5 Å². The molecule has 7 fully saturated rings. The molecule has 14 nitrogen and oxygen atoms in total. The third-order valence-corrected chi connectivity index (χ3v) is 16.4. The number of para-hydroxylation sites is 1. The second-order valence-electron chi connectivity index (χ2n) is 20.6. The molecule has 2 unspecified atom stereocenters.